The van der Waals surface area contributed by atoms with E-state index in [2.05, 4.69) is 74.6 Å². The highest BCUT2D eigenvalue weighted by molar-refractivity contribution is 7.45. The van der Waals surface area contributed by atoms with Gasteiger partial charge in [-0.05, 0) is 70.3 Å². The zero-order valence-corrected chi connectivity index (χ0v) is 38.2. The molecule has 0 spiro atoms. The summed E-state index contributed by atoms with van der Waals surface area (Å²) in [5, 5.41) is 0. The molecule has 8 nitrogen and oxygen atoms in total. The average Bonchev–Trinajstić information content (AvgIpc) is 3.16. The molecule has 0 rings (SSSR count). The lowest BCUT2D eigenvalue weighted by atomic mass is 10.0. The minimum atomic E-state index is -4.55. The Kier molecular flexibility index (Phi) is 39.0. The molecule has 0 bridgehead atoms. The molecule has 0 amide bonds. The van der Waals surface area contributed by atoms with Gasteiger partial charge in [0.2, 0.25) is 0 Å². The van der Waals surface area contributed by atoms with E-state index in [1.54, 1.807) is 6.26 Å². The van der Waals surface area contributed by atoms with E-state index in [0.717, 1.165) is 64.2 Å². The third-order valence-electron chi connectivity index (χ3n) is 9.34. The van der Waals surface area contributed by atoms with Crippen molar-refractivity contribution in [2.75, 3.05) is 47.5 Å². The summed E-state index contributed by atoms with van der Waals surface area (Å²) in [5.41, 5.74) is 0. The second kappa shape index (κ2) is 40.6. The SMILES string of the molecule is CC/C=C\C/C=C\C/C=C\C/C=C\C/C=C\CCCCCC(=O)OC(CO/C=C\CCCCCCCCCCCCCCCC)COP(=O)([O-])OCC[N+](C)(C)C. The van der Waals surface area contributed by atoms with Crippen molar-refractivity contribution in [1.82, 2.24) is 0 Å². The summed E-state index contributed by atoms with van der Waals surface area (Å²) in [6, 6.07) is 0. The van der Waals surface area contributed by atoms with Gasteiger partial charge in [-0.25, -0.2) is 0 Å². The molecule has 0 heterocycles. The van der Waals surface area contributed by atoms with Gasteiger partial charge in [0.15, 0.2) is 6.10 Å². The normalized spacial score (nSPS) is 14.4. The van der Waals surface area contributed by atoms with Gasteiger partial charge in [0.05, 0.1) is 34.0 Å². The number of carbonyl (C=O) groups excluding carboxylic acids is 1. The molecular weight excluding hydrogens is 734 g/mol. The summed E-state index contributed by atoms with van der Waals surface area (Å²) in [6.45, 7) is 4.58. The summed E-state index contributed by atoms with van der Waals surface area (Å²) in [4.78, 5) is 25.0. The zero-order chi connectivity index (χ0) is 42.0. The van der Waals surface area contributed by atoms with Crippen molar-refractivity contribution in [2.45, 2.75) is 180 Å². The van der Waals surface area contributed by atoms with Gasteiger partial charge in [-0.15, -0.1) is 0 Å². The first-order valence-corrected chi connectivity index (χ1v) is 24.2. The van der Waals surface area contributed by atoms with Crippen LogP contribution in [-0.2, 0) is 27.9 Å². The number of ether oxygens (including phenoxy) is 2. The molecule has 0 saturated heterocycles. The maximum Gasteiger partial charge on any atom is 0.306 e. The number of esters is 1. The lowest BCUT2D eigenvalue weighted by Crippen LogP contribution is -2.37. The number of quaternary nitrogens is 1. The van der Waals surface area contributed by atoms with E-state index in [1.165, 1.54) is 83.5 Å². The Morgan fingerprint density at radius 3 is 1.54 bits per heavy atom. The third-order valence-corrected chi connectivity index (χ3v) is 10.3. The number of allylic oxidation sites excluding steroid dienone is 11. The van der Waals surface area contributed by atoms with Crippen molar-refractivity contribution in [1.29, 1.82) is 0 Å². The smallest absolute Gasteiger partial charge is 0.306 e. The van der Waals surface area contributed by atoms with Crippen molar-refractivity contribution in [2.24, 2.45) is 0 Å². The fourth-order valence-corrected chi connectivity index (χ4v) is 6.56. The molecule has 0 aliphatic heterocycles. The zero-order valence-electron chi connectivity index (χ0n) is 37.3. The molecule has 330 valence electrons. The summed E-state index contributed by atoms with van der Waals surface area (Å²) in [5.74, 6) is -0.389. The van der Waals surface area contributed by atoms with Gasteiger partial charge in [0.1, 0.15) is 19.8 Å². The molecule has 2 atom stereocenters. The summed E-state index contributed by atoms with van der Waals surface area (Å²) < 4.78 is 34.3. The van der Waals surface area contributed by atoms with Gasteiger partial charge in [-0.1, -0.05) is 164 Å². The van der Waals surface area contributed by atoms with Crippen LogP contribution in [0.5, 0.6) is 0 Å². The number of nitrogens with zero attached hydrogens (tertiary/aromatic N) is 1. The molecule has 0 saturated carbocycles. The molecule has 9 heteroatoms. The molecule has 0 aromatic rings. The van der Waals surface area contributed by atoms with Crippen molar-refractivity contribution in [3.05, 3.63) is 73.1 Å². The van der Waals surface area contributed by atoms with Crippen LogP contribution >= 0.6 is 7.82 Å². The highest BCUT2D eigenvalue weighted by atomic mass is 31.2. The highest BCUT2D eigenvalue weighted by Crippen LogP contribution is 2.38. The van der Waals surface area contributed by atoms with E-state index in [9.17, 15) is 14.3 Å². The number of likely N-dealkylation sites (N-methyl/N-ethyl adjacent to an activating group) is 1. The first kappa shape index (κ1) is 54.8. The van der Waals surface area contributed by atoms with Gasteiger partial charge >= 0.3 is 5.97 Å². The molecule has 0 aliphatic rings. The predicted molar refractivity (Wildman–Crippen MR) is 240 cm³/mol. The van der Waals surface area contributed by atoms with Crippen LogP contribution in [0.1, 0.15) is 174 Å². The molecule has 0 aliphatic carbocycles. The van der Waals surface area contributed by atoms with E-state index in [0.29, 0.717) is 17.4 Å². The molecule has 0 N–H and O–H groups in total. The van der Waals surface area contributed by atoms with Crippen LogP contribution in [0, 0.1) is 0 Å². The van der Waals surface area contributed by atoms with Crippen molar-refractivity contribution < 1.29 is 37.3 Å². The summed E-state index contributed by atoms with van der Waals surface area (Å²) in [6.07, 6.45) is 53.0. The third kappa shape index (κ3) is 44.7. The average molecular weight is 820 g/mol. The molecule has 0 aromatic carbocycles. The monoisotopic (exact) mass is 820 g/mol. The van der Waals surface area contributed by atoms with Crippen LogP contribution in [0.2, 0.25) is 0 Å². The quantitative estimate of drug-likeness (QED) is 0.0151. The molecule has 2 unspecified atom stereocenters. The Morgan fingerprint density at radius 1 is 0.579 bits per heavy atom. The van der Waals surface area contributed by atoms with Gasteiger partial charge in [-0.3, -0.25) is 9.36 Å². The predicted octanol–water partition coefficient (Wildman–Crippen LogP) is 13.2. The fourth-order valence-electron chi connectivity index (χ4n) is 5.83. The molecule has 0 radical (unpaired) electrons. The largest absolute Gasteiger partial charge is 0.756 e. The number of unbranched alkanes of at least 4 members (excludes halogenated alkanes) is 17. The number of rotatable bonds is 41. The van der Waals surface area contributed by atoms with E-state index in [1.807, 2.05) is 27.2 Å². The highest BCUT2D eigenvalue weighted by Gasteiger charge is 2.20. The number of carbonyl (C=O) groups is 1. The van der Waals surface area contributed by atoms with E-state index < -0.39 is 13.9 Å². The molecule has 0 aromatic heterocycles. The van der Waals surface area contributed by atoms with Gasteiger partial charge in [0.25, 0.3) is 7.82 Å². The van der Waals surface area contributed by atoms with Gasteiger partial charge in [0, 0.05) is 6.42 Å². The van der Waals surface area contributed by atoms with Crippen LogP contribution < -0.4 is 4.89 Å². The molecule has 0 fully saturated rings. The summed E-state index contributed by atoms with van der Waals surface area (Å²) in [7, 11) is 1.29. The minimum absolute atomic E-state index is 0.00390. The Labute approximate surface area is 351 Å². The van der Waals surface area contributed by atoms with Crippen molar-refractivity contribution in [3.63, 3.8) is 0 Å². The Hall–Kier alpha value is -2.22. The lowest BCUT2D eigenvalue weighted by Gasteiger charge is -2.28. The van der Waals surface area contributed by atoms with Crippen LogP contribution in [0.25, 0.3) is 0 Å². The maximum absolute atomic E-state index is 12.7. The number of phosphoric acid groups is 1. The topological polar surface area (TPSA) is 94.1 Å². The number of hydrogen-bond acceptors (Lipinski definition) is 7. The molecular formula is C48H86NO7P. The second-order valence-electron chi connectivity index (χ2n) is 16.1. The Bertz CT molecular complexity index is 1140. The number of hydrogen-bond donors (Lipinski definition) is 0. The van der Waals surface area contributed by atoms with Crippen LogP contribution in [0.4, 0.5) is 0 Å². The van der Waals surface area contributed by atoms with Crippen LogP contribution in [0.3, 0.4) is 0 Å². The van der Waals surface area contributed by atoms with Crippen LogP contribution in [0.15, 0.2) is 73.1 Å². The molecule has 57 heavy (non-hydrogen) atoms. The maximum atomic E-state index is 12.7. The first-order chi connectivity index (χ1) is 27.6. The second-order valence-corrected chi connectivity index (χ2v) is 17.5. The van der Waals surface area contributed by atoms with Crippen LogP contribution in [-0.4, -0.2) is 64.1 Å². The van der Waals surface area contributed by atoms with Gasteiger partial charge in [-0.2, -0.15) is 0 Å². The first-order valence-electron chi connectivity index (χ1n) is 22.7. The lowest BCUT2D eigenvalue weighted by molar-refractivity contribution is -0.870. The van der Waals surface area contributed by atoms with E-state index in [4.69, 9.17) is 18.5 Å². The van der Waals surface area contributed by atoms with E-state index >= 15 is 0 Å². The van der Waals surface area contributed by atoms with Crippen molar-refractivity contribution in [3.8, 4) is 0 Å². The Morgan fingerprint density at radius 2 is 1.04 bits per heavy atom. The Balaban J connectivity index is 4.35. The van der Waals surface area contributed by atoms with Crippen molar-refractivity contribution >= 4 is 13.8 Å². The van der Waals surface area contributed by atoms with Gasteiger partial charge < -0.3 is 27.9 Å². The standard InChI is InChI=1S/C48H86NO7P/c1-6-8-10-12-14-16-18-20-22-24-25-26-27-29-31-33-35-37-39-41-48(50)56-47(46-55-57(51,52)54-44-42-49(3,4)5)45-53-43-40-38-36-34-32-30-28-23-21-19-17-15-13-11-9-7-2/h8,10,14,16,20,22,25-26,29,31,40,43,47H,6-7,9,11-13,15,17-19,21,23-24,27-28,30,32-39,41-42,44-46H2,1-5H3/b10-8-,16-14-,22-20-,26-25-,31-29-,43-40-. The summed E-state index contributed by atoms with van der Waals surface area (Å²) >= 11 is 0. The minimum Gasteiger partial charge on any atom is -0.756 e. The van der Waals surface area contributed by atoms with E-state index in [-0.39, 0.29) is 32.2 Å². The number of phosphoric ester groups is 1. The fraction of sp³-hybridized carbons (Fsp3) is 0.729.